The van der Waals surface area contributed by atoms with E-state index in [1.165, 1.54) is 0 Å². The fourth-order valence-electron chi connectivity index (χ4n) is 2.58. The Morgan fingerprint density at radius 3 is 2.48 bits per heavy atom. The molecule has 3 rings (SSSR count). The lowest BCUT2D eigenvalue weighted by molar-refractivity contribution is 0.0595. The van der Waals surface area contributed by atoms with Crippen molar-refractivity contribution in [3.63, 3.8) is 0 Å². The Balaban J connectivity index is 1.80. The molecule has 25 heavy (non-hydrogen) atoms. The molecule has 7 nitrogen and oxygen atoms in total. The molecule has 7 heteroatoms. The van der Waals surface area contributed by atoms with E-state index in [2.05, 4.69) is 15.2 Å². The van der Waals surface area contributed by atoms with Crippen molar-refractivity contribution in [1.82, 2.24) is 24.6 Å². The number of nitrogens with zero attached hydrogens (tertiary/aromatic N) is 5. The van der Waals surface area contributed by atoms with Gasteiger partial charge in [0.05, 0.1) is 18.3 Å². The Morgan fingerprint density at radius 1 is 1.16 bits per heavy atom. The third-order valence-corrected chi connectivity index (χ3v) is 3.97. The molecule has 2 heterocycles. The van der Waals surface area contributed by atoms with Crippen LogP contribution in [0.25, 0.3) is 5.69 Å². The second kappa shape index (κ2) is 7.67. The lowest BCUT2D eigenvalue weighted by atomic mass is 10.1. The third kappa shape index (κ3) is 3.72. The molecule has 1 atom stereocenters. The van der Waals surface area contributed by atoms with Gasteiger partial charge in [-0.2, -0.15) is 0 Å². The van der Waals surface area contributed by atoms with Gasteiger partial charge in [-0.05, 0) is 36.4 Å². The van der Waals surface area contributed by atoms with Crippen LogP contribution in [0, 0.1) is 0 Å². The van der Waals surface area contributed by atoms with Crippen LogP contribution < -0.4 is 0 Å². The lowest BCUT2D eigenvalue weighted by Gasteiger charge is -2.27. The molecule has 0 N–H and O–H groups in total. The van der Waals surface area contributed by atoms with Crippen molar-refractivity contribution < 1.29 is 9.53 Å². The summed E-state index contributed by atoms with van der Waals surface area (Å²) < 4.78 is 7.06. The minimum Gasteiger partial charge on any atom is -0.382 e. The molecule has 0 aliphatic carbocycles. The van der Waals surface area contributed by atoms with Crippen LogP contribution in [-0.2, 0) is 4.74 Å². The van der Waals surface area contributed by atoms with Gasteiger partial charge >= 0.3 is 0 Å². The largest absolute Gasteiger partial charge is 0.382 e. The highest BCUT2D eigenvalue weighted by Gasteiger charge is 2.23. The number of hydrogen-bond donors (Lipinski definition) is 0. The Bertz CT molecular complexity index is 803. The molecule has 0 saturated carbocycles. The van der Waals surface area contributed by atoms with Crippen LogP contribution in [0.15, 0.2) is 61.3 Å². The zero-order chi connectivity index (χ0) is 17.6. The third-order valence-electron chi connectivity index (χ3n) is 3.97. The maximum Gasteiger partial charge on any atom is 0.254 e. The number of benzene rings is 1. The van der Waals surface area contributed by atoms with Gasteiger partial charge in [-0.15, -0.1) is 10.2 Å². The maximum atomic E-state index is 12.8. The first kappa shape index (κ1) is 16.8. The van der Waals surface area contributed by atoms with Crippen LogP contribution in [-0.4, -0.2) is 51.3 Å². The Hall–Kier alpha value is -3.06. The SMILES string of the molecule is COC[C@@H](c1ccccn1)N(C)C(=O)c1ccc(-n2cnnc2)cc1. The quantitative estimate of drug-likeness (QED) is 0.689. The van der Waals surface area contributed by atoms with Crippen molar-refractivity contribution in [3.05, 3.63) is 72.6 Å². The minimum atomic E-state index is -0.253. The number of aromatic nitrogens is 4. The van der Waals surface area contributed by atoms with Gasteiger partial charge in [0, 0.05) is 31.6 Å². The molecule has 0 radical (unpaired) electrons. The number of likely N-dealkylation sites (N-methyl/N-ethyl adjacent to an activating group) is 1. The molecular weight excluding hydrogens is 318 g/mol. The van der Waals surface area contributed by atoms with Crippen molar-refractivity contribution in [2.75, 3.05) is 20.8 Å². The molecule has 1 amide bonds. The highest BCUT2D eigenvalue weighted by molar-refractivity contribution is 5.94. The number of pyridine rings is 1. The second-order valence-electron chi connectivity index (χ2n) is 5.56. The fraction of sp³-hybridized carbons (Fsp3) is 0.222. The van der Waals surface area contributed by atoms with E-state index in [4.69, 9.17) is 4.74 Å². The monoisotopic (exact) mass is 337 g/mol. The minimum absolute atomic E-state index is 0.0944. The van der Waals surface area contributed by atoms with Gasteiger partial charge in [-0.3, -0.25) is 14.3 Å². The van der Waals surface area contributed by atoms with Gasteiger partial charge in [0.2, 0.25) is 0 Å². The van der Waals surface area contributed by atoms with Crippen LogP contribution in [0.1, 0.15) is 22.1 Å². The van der Waals surface area contributed by atoms with E-state index < -0.39 is 0 Å². The molecule has 0 bridgehead atoms. The summed E-state index contributed by atoms with van der Waals surface area (Å²) in [5, 5.41) is 7.56. The molecule has 0 unspecified atom stereocenters. The molecule has 0 fully saturated rings. The number of amides is 1. The average molecular weight is 337 g/mol. The summed E-state index contributed by atoms with van der Waals surface area (Å²) in [6, 6.07) is 12.7. The average Bonchev–Trinajstić information content (AvgIpc) is 3.20. The van der Waals surface area contributed by atoms with E-state index in [-0.39, 0.29) is 11.9 Å². The van der Waals surface area contributed by atoms with Crippen molar-refractivity contribution >= 4 is 5.91 Å². The Labute approximate surface area is 145 Å². The van der Waals surface area contributed by atoms with Crippen LogP contribution in [0.4, 0.5) is 0 Å². The van der Waals surface area contributed by atoms with Crippen molar-refractivity contribution in [2.24, 2.45) is 0 Å². The van der Waals surface area contributed by atoms with Crippen molar-refractivity contribution in [1.29, 1.82) is 0 Å². The first-order valence-electron chi connectivity index (χ1n) is 7.83. The van der Waals surface area contributed by atoms with E-state index in [9.17, 15) is 4.79 Å². The molecule has 128 valence electrons. The van der Waals surface area contributed by atoms with E-state index in [1.54, 1.807) is 54.6 Å². The lowest BCUT2D eigenvalue weighted by Crippen LogP contribution is -2.34. The van der Waals surface area contributed by atoms with Gasteiger partial charge in [0.25, 0.3) is 5.91 Å². The van der Waals surface area contributed by atoms with Crippen molar-refractivity contribution in [3.8, 4) is 5.69 Å². The van der Waals surface area contributed by atoms with Gasteiger partial charge in [-0.1, -0.05) is 6.07 Å². The molecule has 0 spiro atoms. The summed E-state index contributed by atoms with van der Waals surface area (Å²) in [5.74, 6) is -0.0944. The van der Waals surface area contributed by atoms with E-state index in [0.29, 0.717) is 12.2 Å². The first-order valence-corrected chi connectivity index (χ1v) is 7.83. The number of ether oxygens (including phenoxy) is 1. The van der Waals surface area contributed by atoms with Crippen LogP contribution in [0.3, 0.4) is 0 Å². The number of carbonyl (C=O) groups excluding carboxylic acids is 1. The standard InChI is InChI=1S/C18H19N5O2/c1-22(17(11-25-2)16-5-3-4-10-19-16)18(24)14-6-8-15(9-7-14)23-12-20-21-13-23/h3-10,12-13,17H,11H2,1-2H3/t17-/m0/s1. The second-order valence-corrected chi connectivity index (χ2v) is 5.56. The van der Waals surface area contributed by atoms with Gasteiger partial charge in [0.15, 0.2) is 0 Å². The normalized spacial score (nSPS) is 11.9. The molecule has 0 saturated heterocycles. The Morgan fingerprint density at radius 2 is 1.88 bits per heavy atom. The zero-order valence-electron chi connectivity index (χ0n) is 14.1. The highest BCUT2D eigenvalue weighted by Crippen LogP contribution is 2.20. The molecular formula is C18H19N5O2. The molecule has 0 aliphatic heterocycles. The van der Waals surface area contributed by atoms with Crippen LogP contribution in [0.2, 0.25) is 0 Å². The topological polar surface area (TPSA) is 73.1 Å². The zero-order valence-corrected chi connectivity index (χ0v) is 14.1. The highest BCUT2D eigenvalue weighted by atomic mass is 16.5. The predicted octanol–water partition coefficient (Wildman–Crippen LogP) is 2.12. The molecule has 1 aromatic carbocycles. The molecule has 0 aliphatic rings. The number of hydrogen-bond acceptors (Lipinski definition) is 5. The summed E-state index contributed by atoms with van der Waals surface area (Å²) in [6.45, 7) is 0.373. The smallest absolute Gasteiger partial charge is 0.254 e. The van der Waals surface area contributed by atoms with Gasteiger partial charge < -0.3 is 9.64 Å². The van der Waals surface area contributed by atoms with Crippen molar-refractivity contribution in [2.45, 2.75) is 6.04 Å². The number of rotatable bonds is 6. The van der Waals surface area contributed by atoms with E-state index in [1.807, 2.05) is 30.3 Å². The first-order chi connectivity index (χ1) is 12.2. The van der Waals surface area contributed by atoms with Crippen LogP contribution in [0.5, 0.6) is 0 Å². The summed E-state index contributed by atoms with van der Waals surface area (Å²) in [6.07, 6.45) is 4.93. The summed E-state index contributed by atoms with van der Waals surface area (Å²) >= 11 is 0. The number of methoxy groups -OCH3 is 1. The summed E-state index contributed by atoms with van der Waals surface area (Å²) in [4.78, 5) is 18.8. The van der Waals surface area contributed by atoms with E-state index in [0.717, 1.165) is 11.4 Å². The van der Waals surface area contributed by atoms with E-state index >= 15 is 0 Å². The maximum absolute atomic E-state index is 12.8. The fourth-order valence-corrected chi connectivity index (χ4v) is 2.58. The summed E-state index contributed by atoms with van der Waals surface area (Å²) in [7, 11) is 3.37. The van der Waals surface area contributed by atoms with Gasteiger partial charge in [0.1, 0.15) is 12.7 Å². The molecule has 2 aromatic heterocycles. The Kier molecular flexibility index (Phi) is 5.15. The predicted molar refractivity (Wildman–Crippen MR) is 92.3 cm³/mol. The molecule has 3 aromatic rings. The summed E-state index contributed by atoms with van der Waals surface area (Å²) in [5.41, 5.74) is 2.28. The van der Waals surface area contributed by atoms with Gasteiger partial charge in [-0.25, -0.2) is 0 Å². The van der Waals surface area contributed by atoms with Crippen LogP contribution >= 0.6 is 0 Å². The number of carbonyl (C=O) groups is 1.